The Balaban J connectivity index is 1.50. The van der Waals surface area contributed by atoms with Crippen molar-refractivity contribution in [1.29, 1.82) is 0 Å². The molecule has 0 saturated heterocycles. The molecule has 1 aliphatic carbocycles. The monoisotopic (exact) mass is 458 g/mol. The average Bonchev–Trinajstić information content (AvgIpc) is 3.56. The predicted octanol–water partition coefficient (Wildman–Crippen LogP) is 3.15. The number of benzene rings is 1. The van der Waals surface area contributed by atoms with Gasteiger partial charge in [0.15, 0.2) is 11.5 Å². The zero-order valence-corrected chi connectivity index (χ0v) is 19.4. The van der Waals surface area contributed by atoms with Crippen molar-refractivity contribution < 1.29 is 23.8 Å². The number of nitrogens with zero attached hydrogens (tertiary/aromatic N) is 2. The predicted molar refractivity (Wildman–Crippen MR) is 122 cm³/mol. The molecule has 1 aliphatic heterocycles. The second-order valence-electron chi connectivity index (χ2n) is 8.14. The Bertz CT molecular complexity index is 942. The van der Waals surface area contributed by atoms with Crippen molar-refractivity contribution in [2.45, 2.75) is 25.3 Å². The van der Waals surface area contributed by atoms with Crippen molar-refractivity contribution >= 4 is 23.2 Å². The summed E-state index contributed by atoms with van der Waals surface area (Å²) in [6.45, 7) is 1.86. The molecule has 2 aromatic rings. The fourth-order valence-electron chi connectivity index (χ4n) is 4.09. The number of para-hydroxylation sites is 2. The highest BCUT2D eigenvalue weighted by Crippen LogP contribution is 2.36. The molecule has 2 aliphatic rings. The molecular weight excluding hydrogens is 428 g/mol. The maximum Gasteiger partial charge on any atom is 0.242 e. The van der Waals surface area contributed by atoms with Crippen LogP contribution in [-0.4, -0.2) is 68.7 Å². The van der Waals surface area contributed by atoms with Crippen LogP contribution in [0.3, 0.4) is 0 Å². The van der Waals surface area contributed by atoms with Gasteiger partial charge in [-0.15, -0.1) is 11.3 Å². The van der Waals surface area contributed by atoms with Gasteiger partial charge in [-0.3, -0.25) is 9.59 Å². The Labute approximate surface area is 192 Å². The van der Waals surface area contributed by atoms with Crippen molar-refractivity contribution in [1.82, 2.24) is 9.80 Å². The first-order valence-electron chi connectivity index (χ1n) is 11.0. The molecule has 0 radical (unpaired) electrons. The summed E-state index contributed by atoms with van der Waals surface area (Å²) >= 11 is 1.72. The molecule has 32 heavy (non-hydrogen) atoms. The van der Waals surface area contributed by atoms with Crippen LogP contribution in [0.2, 0.25) is 0 Å². The minimum absolute atomic E-state index is 0.0550. The van der Waals surface area contributed by atoms with E-state index >= 15 is 0 Å². The highest BCUT2D eigenvalue weighted by molar-refractivity contribution is 7.10. The molecule has 0 spiro atoms. The van der Waals surface area contributed by atoms with Crippen LogP contribution in [0.25, 0.3) is 0 Å². The lowest BCUT2D eigenvalue weighted by atomic mass is 10.0. The molecule has 1 saturated carbocycles. The Morgan fingerprint density at radius 1 is 1.16 bits per heavy atom. The molecule has 4 rings (SSSR count). The number of ether oxygens (including phenoxy) is 3. The molecule has 8 heteroatoms. The van der Waals surface area contributed by atoms with Crippen LogP contribution >= 0.6 is 11.3 Å². The van der Waals surface area contributed by atoms with E-state index < -0.39 is 0 Å². The molecule has 172 valence electrons. The van der Waals surface area contributed by atoms with Gasteiger partial charge in [0.1, 0.15) is 6.61 Å². The third-order valence-electron chi connectivity index (χ3n) is 6.01. The van der Waals surface area contributed by atoms with E-state index in [2.05, 4.69) is 11.4 Å². The second kappa shape index (κ2) is 10.4. The van der Waals surface area contributed by atoms with E-state index in [1.807, 2.05) is 29.2 Å². The van der Waals surface area contributed by atoms with Gasteiger partial charge in [0.05, 0.1) is 26.3 Å². The van der Waals surface area contributed by atoms with Crippen LogP contribution in [0.1, 0.15) is 29.3 Å². The van der Waals surface area contributed by atoms with Crippen molar-refractivity contribution in [3.05, 3.63) is 46.2 Å². The number of hydrogen-bond acceptors (Lipinski definition) is 6. The Morgan fingerprint density at radius 3 is 2.66 bits per heavy atom. The van der Waals surface area contributed by atoms with Gasteiger partial charge in [0, 0.05) is 31.0 Å². The maximum atomic E-state index is 13.4. The largest absolute Gasteiger partial charge is 0.493 e. The first-order valence-corrected chi connectivity index (χ1v) is 11.9. The van der Waals surface area contributed by atoms with Crippen LogP contribution in [0.4, 0.5) is 0 Å². The molecule has 0 bridgehead atoms. The Hall–Kier alpha value is -2.58. The first kappa shape index (κ1) is 22.6. The molecule has 2 heterocycles. The van der Waals surface area contributed by atoms with Gasteiger partial charge >= 0.3 is 0 Å². The van der Waals surface area contributed by atoms with E-state index in [0.717, 1.165) is 24.8 Å². The molecule has 1 aromatic carbocycles. The smallest absolute Gasteiger partial charge is 0.242 e. The molecule has 1 fully saturated rings. The van der Waals surface area contributed by atoms with Crippen LogP contribution in [0, 0.1) is 5.92 Å². The number of hydrogen-bond donors (Lipinski definition) is 0. The third-order valence-corrected chi connectivity index (χ3v) is 7.01. The number of carbonyl (C=O) groups is 2. The minimum atomic E-state index is -0.206. The maximum absolute atomic E-state index is 13.4. The number of thiophene rings is 1. The molecule has 1 aromatic heterocycles. The van der Waals surface area contributed by atoms with E-state index in [1.165, 1.54) is 4.88 Å². The van der Waals surface area contributed by atoms with Gasteiger partial charge in [-0.1, -0.05) is 12.1 Å². The number of methoxy groups -OCH3 is 2. The molecule has 0 unspecified atom stereocenters. The average molecular weight is 459 g/mol. The summed E-state index contributed by atoms with van der Waals surface area (Å²) < 4.78 is 16.7. The fraction of sp³-hybridized carbons (Fsp3) is 0.500. The summed E-state index contributed by atoms with van der Waals surface area (Å²) in [4.78, 5) is 30.9. The van der Waals surface area contributed by atoms with Gasteiger partial charge in [0.2, 0.25) is 11.8 Å². The summed E-state index contributed by atoms with van der Waals surface area (Å²) in [5, 5.41) is 2.07. The van der Waals surface area contributed by atoms with Gasteiger partial charge < -0.3 is 24.0 Å². The number of fused-ring (bicyclic) bond motifs is 1. The summed E-state index contributed by atoms with van der Waals surface area (Å²) in [6.07, 6.45) is 2.64. The first-order chi connectivity index (χ1) is 15.6. The van der Waals surface area contributed by atoms with Crippen LogP contribution < -0.4 is 9.47 Å². The number of amides is 2. The van der Waals surface area contributed by atoms with Crippen molar-refractivity contribution in [3.8, 4) is 11.5 Å². The topological polar surface area (TPSA) is 68.3 Å². The lowest BCUT2D eigenvalue weighted by Gasteiger charge is -2.37. The quantitative estimate of drug-likeness (QED) is 0.547. The molecule has 1 atom stereocenters. The third kappa shape index (κ3) is 5.07. The molecule has 0 N–H and O–H groups in total. The summed E-state index contributed by atoms with van der Waals surface area (Å²) in [7, 11) is 3.22. The standard InChI is InChI=1S/C24H30N2O5S/c1-29-13-12-25(24(28)17-7-8-17)15-23(27)26-11-9-22-18(10-14-32-22)19(26)16-31-21-6-4-3-5-20(21)30-2/h3-6,10,14,17,19H,7-9,11-13,15-16H2,1-2H3/t19-/m0/s1. The zero-order valence-electron chi connectivity index (χ0n) is 18.6. The summed E-state index contributed by atoms with van der Waals surface area (Å²) in [5.41, 5.74) is 1.13. The van der Waals surface area contributed by atoms with E-state index in [1.54, 1.807) is 30.5 Å². The van der Waals surface area contributed by atoms with E-state index in [9.17, 15) is 9.59 Å². The summed E-state index contributed by atoms with van der Waals surface area (Å²) in [5.74, 6) is 1.38. The van der Waals surface area contributed by atoms with E-state index in [4.69, 9.17) is 14.2 Å². The lowest BCUT2D eigenvalue weighted by Crippen LogP contribution is -2.48. The van der Waals surface area contributed by atoms with Gasteiger partial charge in [0.25, 0.3) is 0 Å². The Morgan fingerprint density at radius 2 is 1.94 bits per heavy atom. The van der Waals surface area contributed by atoms with Crippen LogP contribution in [0.5, 0.6) is 11.5 Å². The zero-order chi connectivity index (χ0) is 22.5. The SMILES string of the molecule is COCCN(CC(=O)N1CCc2sccc2[C@@H]1COc1ccccc1OC)C(=O)C1CC1. The second-order valence-corrected chi connectivity index (χ2v) is 9.14. The van der Waals surface area contributed by atoms with E-state index in [0.29, 0.717) is 37.8 Å². The van der Waals surface area contributed by atoms with Crippen molar-refractivity contribution in [2.24, 2.45) is 5.92 Å². The fourth-order valence-corrected chi connectivity index (χ4v) is 5.02. The van der Waals surface area contributed by atoms with E-state index in [-0.39, 0.29) is 30.3 Å². The van der Waals surface area contributed by atoms with Gasteiger partial charge in [-0.2, -0.15) is 0 Å². The van der Waals surface area contributed by atoms with Crippen molar-refractivity contribution in [3.63, 3.8) is 0 Å². The van der Waals surface area contributed by atoms with Gasteiger partial charge in [-0.25, -0.2) is 0 Å². The molecule has 2 amide bonds. The highest BCUT2D eigenvalue weighted by Gasteiger charge is 2.37. The van der Waals surface area contributed by atoms with Crippen LogP contribution in [0.15, 0.2) is 35.7 Å². The molecule has 7 nitrogen and oxygen atoms in total. The van der Waals surface area contributed by atoms with Gasteiger partial charge in [-0.05, 0) is 48.4 Å². The number of carbonyl (C=O) groups excluding carboxylic acids is 2. The Kier molecular flexibility index (Phi) is 7.32. The summed E-state index contributed by atoms with van der Waals surface area (Å²) in [6, 6.07) is 9.38. The number of rotatable bonds is 10. The highest BCUT2D eigenvalue weighted by atomic mass is 32.1. The van der Waals surface area contributed by atoms with Crippen LogP contribution in [-0.2, 0) is 20.7 Å². The van der Waals surface area contributed by atoms with Crippen molar-refractivity contribution in [2.75, 3.05) is 47.1 Å². The normalized spacial score (nSPS) is 17.6. The molecular formula is C24H30N2O5S. The minimum Gasteiger partial charge on any atom is -0.493 e. The lowest BCUT2D eigenvalue weighted by molar-refractivity contribution is -0.143.